The molecule has 84 valence electrons. The highest BCUT2D eigenvalue weighted by atomic mass is 35.5. The summed E-state index contributed by atoms with van der Waals surface area (Å²) >= 11 is 7.43. The molecule has 0 bridgehead atoms. The molecule has 5 heteroatoms. The van der Waals surface area contributed by atoms with Crippen LogP contribution in [0, 0.1) is 12.3 Å². The number of rotatable bonds is 5. The van der Waals surface area contributed by atoms with E-state index in [1.54, 1.807) is 17.8 Å². The first-order chi connectivity index (χ1) is 7.75. The van der Waals surface area contributed by atoms with Crippen LogP contribution in [0.3, 0.4) is 0 Å². The van der Waals surface area contributed by atoms with E-state index in [4.69, 9.17) is 18.0 Å². The van der Waals surface area contributed by atoms with E-state index in [1.807, 2.05) is 0 Å². The van der Waals surface area contributed by atoms with E-state index < -0.39 is 0 Å². The lowest BCUT2D eigenvalue weighted by Gasteiger charge is -2.05. The van der Waals surface area contributed by atoms with E-state index in [9.17, 15) is 4.79 Å². The number of aromatic nitrogens is 1. The summed E-state index contributed by atoms with van der Waals surface area (Å²) < 4.78 is 0. The van der Waals surface area contributed by atoms with Crippen molar-refractivity contribution in [3.05, 3.63) is 29.0 Å². The van der Waals surface area contributed by atoms with E-state index in [0.717, 1.165) is 5.75 Å². The van der Waals surface area contributed by atoms with Crippen molar-refractivity contribution in [3.63, 3.8) is 0 Å². The Labute approximate surface area is 104 Å². The zero-order valence-corrected chi connectivity index (χ0v) is 10.1. The van der Waals surface area contributed by atoms with Gasteiger partial charge in [0.05, 0.1) is 16.3 Å². The Morgan fingerprint density at radius 3 is 3.19 bits per heavy atom. The highest BCUT2D eigenvalue weighted by Gasteiger charge is 2.08. The molecule has 1 rings (SSSR count). The first-order valence-corrected chi connectivity index (χ1v) is 6.18. The maximum Gasteiger partial charge on any atom is 0.252 e. The van der Waals surface area contributed by atoms with Crippen molar-refractivity contribution in [2.75, 3.05) is 18.1 Å². The van der Waals surface area contributed by atoms with Crippen LogP contribution < -0.4 is 5.32 Å². The minimum absolute atomic E-state index is 0.186. The number of thioether (sulfide) groups is 1. The summed E-state index contributed by atoms with van der Waals surface area (Å²) in [5.41, 5.74) is 0.443. The molecular weight excluding hydrogens is 244 g/mol. The third-order valence-corrected chi connectivity index (χ3v) is 2.90. The van der Waals surface area contributed by atoms with Gasteiger partial charge in [0.15, 0.2) is 0 Å². The Bertz CT molecular complexity index is 403. The van der Waals surface area contributed by atoms with Crippen molar-refractivity contribution in [2.45, 2.75) is 0 Å². The predicted octanol–water partition coefficient (Wildman–Crippen LogP) is 1.83. The monoisotopic (exact) mass is 254 g/mol. The molecule has 0 aliphatic carbocycles. The van der Waals surface area contributed by atoms with Gasteiger partial charge in [-0.2, -0.15) is 0 Å². The SMILES string of the molecule is C#CCSCCNC(=O)c1ccncc1Cl. The largest absolute Gasteiger partial charge is 0.351 e. The fraction of sp³-hybridized carbons (Fsp3) is 0.273. The molecule has 0 aliphatic heterocycles. The van der Waals surface area contributed by atoms with E-state index in [-0.39, 0.29) is 5.91 Å². The molecule has 0 saturated carbocycles. The molecule has 3 nitrogen and oxygen atoms in total. The first-order valence-electron chi connectivity index (χ1n) is 4.64. The van der Waals surface area contributed by atoms with Gasteiger partial charge in [0.2, 0.25) is 0 Å². The molecule has 1 N–H and O–H groups in total. The van der Waals surface area contributed by atoms with Crippen LogP contribution in [0.2, 0.25) is 5.02 Å². The lowest BCUT2D eigenvalue weighted by Crippen LogP contribution is -2.26. The molecule has 1 amide bonds. The number of hydrogen-bond donors (Lipinski definition) is 1. The summed E-state index contributed by atoms with van der Waals surface area (Å²) in [6.45, 7) is 0.573. The van der Waals surface area contributed by atoms with Crippen molar-refractivity contribution in [2.24, 2.45) is 0 Å². The standard InChI is InChI=1S/C11H11ClN2OS/c1-2-6-16-7-5-14-11(15)9-3-4-13-8-10(9)12/h1,3-4,8H,5-7H2,(H,14,15). The van der Waals surface area contributed by atoms with Gasteiger partial charge >= 0.3 is 0 Å². The highest BCUT2D eigenvalue weighted by Crippen LogP contribution is 2.12. The molecule has 0 radical (unpaired) electrons. The Hall–Kier alpha value is -1.18. The minimum Gasteiger partial charge on any atom is -0.351 e. The van der Waals surface area contributed by atoms with Gasteiger partial charge in [-0.05, 0) is 6.07 Å². The average molecular weight is 255 g/mol. The second-order valence-corrected chi connectivity index (χ2v) is 4.38. The molecule has 16 heavy (non-hydrogen) atoms. The number of amides is 1. The van der Waals surface area contributed by atoms with Crippen LogP contribution in [0.15, 0.2) is 18.5 Å². The lowest BCUT2D eigenvalue weighted by molar-refractivity contribution is 0.0956. The molecule has 0 saturated heterocycles. The van der Waals surface area contributed by atoms with Crippen molar-refractivity contribution in [1.82, 2.24) is 10.3 Å². The topological polar surface area (TPSA) is 42.0 Å². The van der Waals surface area contributed by atoms with Gasteiger partial charge < -0.3 is 5.32 Å². The van der Waals surface area contributed by atoms with Gasteiger partial charge in [0.25, 0.3) is 5.91 Å². The van der Waals surface area contributed by atoms with E-state index in [2.05, 4.69) is 16.2 Å². The molecule has 1 aromatic heterocycles. The van der Waals surface area contributed by atoms with Crippen LogP contribution in [0.4, 0.5) is 0 Å². The summed E-state index contributed by atoms with van der Waals surface area (Å²) in [5, 5.41) is 3.12. The van der Waals surface area contributed by atoms with Gasteiger partial charge in [0.1, 0.15) is 0 Å². The van der Waals surface area contributed by atoms with Crippen LogP contribution in [-0.4, -0.2) is 28.9 Å². The fourth-order valence-corrected chi connectivity index (χ4v) is 1.74. The smallest absolute Gasteiger partial charge is 0.252 e. The summed E-state index contributed by atoms with van der Waals surface area (Å²) in [5.74, 6) is 3.78. The summed E-state index contributed by atoms with van der Waals surface area (Å²) in [6, 6.07) is 1.59. The number of pyridine rings is 1. The Kier molecular flexibility index (Phi) is 5.76. The van der Waals surface area contributed by atoms with Crippen molar-refractivity contribution < 1.29 is 4.79 Å². The summed E-state index contributed by atoms with van der Waals surface area (Å²) in [7, 11) is 0. The van der Waals surface area contributed by atoms with E-state index >= 15 is 0 Å². The van der Waals surface area contributed by atoms with Crippen molar-refractivity contribution >= 4 is 29.3 Å². The third kappa shape index (κ3) is 4.13. The molecule has 0 aromatic carbocycles. The first kappa shape index (κ1) is 12.9. The predicted molar refractivity (Wildman–Crippen MR) is 67.7 cm³/mol. The van der Waals surface area contributed by atoms with E-state index in [1.165, 1.54) is 12.4 Å². The molecule has 0 atom stereocenters. The van der Waals surface area contributed by atoms with Crippen LogP contribution in [0.5, 0.6) is 0 Å². The van der Waals surface area contributed by atoms with Crippen LogP contribution in [0.1, 0.15) is 10.4 Å². The zero-order valence-electron chi connectivity index (χ0n) is 8.57. The van der Waals surface area contributed by atoms with Crippen molar-refractivity contribution in [1.29, 1.82) is 0 Å². The lowest BCUT2D eigenvalue weighted by atomic mass is 10.2. The normalized spacial score (nSPS) is 9.50. The fourth-order valence-electron chi connectivity index (χ4n) is 1.02. The number of hydrogen-bond acceptors (Lipinski definition) is 3. The second kappa shape index (κ2) is 7.15. The maximum atomic E-state index is 11.6. The Balaban J connectivity index is 2.36. The molecule has 1 aromatic rings. The zero-order chi connectivity index (χ0) is 11.8. The maximum absolute atomic E-state index is 11.6. The number of carbonyl (C=O) groups excluding carboxylic acids is 1. The number of nitrogens with zero attached hydrogens (tertiary/aromatic N) is 1. The van der Waals surface area contributed by atoms with Gasteiger partial charge in [-0.1, -0.05) is 17.5 Å². The molecule has 1 heterocycles. The quantitative estimate of drug-likeness (QED) is 0.644. The van der Waals surface area contributed by atoms with Crippen molar-refractivity contribution in [3.8, 4) is 12.3 Å². The van der Waals surface area contributed by atoms with E-state index in [0.29, 0.717) is 22.9 Å². The third-order valence-electron chi connectivity index (χ3n) is 1.73. The van der Waals surface area contributed by atoms with Crippen LogP contribution >= 0.6 is 23.4 Å². The number of halogens is 1. The Morgan fingerprint density at radius 2 is 2.50 bits per heavy atom. The molecule has 0 fully saturated rings. The van der Waals surface area contributed by atoms with Gasteiger partial charge in [0, 0.05) is 24.7 Å². The number of terminal acetylenes is 1. The minimum atomic E-state index is -0.186. The molecule has 0 spiro atoms. The number of nitrogens with one attached hydrogen (secondary N) is 1. The molecular formula is C11H11ClN2OS. The second-order valence-electron chi connectivity index (χ2n) is 2.87. The van der Waals surface area contributed by atoms with Crippen LogP contribution in [-0.2, 0) is 0 Å². The molecule has 0 aliphatic rings. The van der Waals surface area contributed by atoms with Gasteiger partial charge in [-0.3, -0.25) is 9.78 Å². The highest BCUT2D eigenvalue weighted by molar-refractivity contribution is 7.99. The van der Waals surface area contributed by atoms with Crippen LogP contribution in [0.25, 0.3) is 0 Å². The molecule has 0 unspecified atom stereocenters. The van der Waals surface area contributed by atoms with Gasteiger partial charge in [-0.15, -0.1) is 18.2 Å². The summed E-state index contributed by atoms with van der Waals surface area (Å²) in [6.07, 6.45) is 8.08. The van der Waals surface area contributed by atoms with Gasteiger partial charge in [-0.25, -0.2) is 0 Å². The Morgan fingerprint density at radius 1 is 1.69 bits per heavy atom. The average Bonchev–Trinajstić information content (AvgIpc) is 2.29. The summed E-state index contributed by atoms with van der Waals surface area (Å²) in [4.78, 5) is 15.4. The number of carbonyl (C=O) groups is 1.